The third-order valence-corrected chi connectivity index (χ3v) is 10.0. The van der Waals surface area contributed by atoms with Crippen molar-refractivity contribution in [2.45, 2.75) is 90.7 Å². The number of fused-ring (bicyclic) bond motifs is 5. The zero-order chi connectivity index (χ0) is 18.0. The van der Waals surface area contributed by atoms with Crippen LogP contribution in [0.3, 0.4) is 0 Å². The molecule has 4 aliphatic carbocycles. The molecular formula is C23H41NO. The van der Waals surface area contributed by atoms with Gasteiger partial charge in [0.15, 0.2) is 0 Å². The molecule has 0 amide bonds. The van der Waals surface area contributed by atoms with Crippen molar-refractivity contribution in [3.8, 4) is 0 Å². The Morgan fingerprint density at radius 1 is 0.960 bits per heavy atom. The molecule has 1 N–H and O–H groups in total. The van der Waals surface area contributed by atoms with Gasteiger partial charge in [-0.15, -0.1) is 0 Å². The normalized spacial score (nSPS) is 55.6. The number of aliphatic hydroxyl groups is 1. The van der Waals surface area contributed by atoms with E-state index in [9.17, 15) is 5.11 Å². The Labute approximate surface area is 155 Å². The van der Waals surface area contributed by atoms with Crippen LogP contribution in [0.1, 0.15) is 78.6 Å². The number of hydrogen-bond acceptors (Lipinski definition) is 2. The van der Waals surface area contributed by atoms with Crippen LogP contribution in [0.25, 0.3) is 0 Å². The van der Waals surface area contributed by atoms with Gasteiger partial charge in [-0.3, -0.25) is 0 Å². The lowest BCUT2D eigenvalue weighted by molar-refractivity contribution is -0.158. The zero-order valence-corrected chi connectivity index (χ0v) is 17.3. The second kappa shape index (κ2) is 6.23. The highest BCUT2D eigenvalue weighted by Crippen LogP contribution is 2.68. The molecule has 0 heterocycles. The molecule has 0 spiro atoms. The Balaban J connectivity index is 1.67. The Morgan fingerprint density at radius 2 is 1.72 bits per heavy atom. The molecule has 25 heavy (non-hydrogen) atoms. The zero-order valence-electron chi connectivity index (χ0n) is 17.3. The lowest BCUT2D eigenvalue weighted by Crippen LogP contribution is -2.62. The van der Waals surface area contributed by atoms with Crippen LogP contribution in [0.15, 0.2) is 0 Å². The van der Waals surface area contributed by atoms with Crippen molar-refractivity contribution in [3.63, 3.8) is 0 Å². The molecule has 4 aliphatic rings. The van der Waals surface area contributed by atoms with Crippen molar-refractivity contribution in [1.82, 2.24) is 4.90 Å². The van der Waals surface area contributed by atoms with Crippen LogP contribution in [-0.4, -0.2) is 36.2 Å². The Hall–Kier alpha value is -0.0800. The molecule has 0 saturated heterocycles. The van der Waals surface area contributed by atoms with Crippen LogP contribution >= 0.6 is 0 Å². The van der Waals surface area contributed by atoms with E-state index in [4.69, 9.17) is 0 Å². The molecule has 9 atom stereocenters. The summed E-state index contributed by atoms with van der Waals surface area (Å²) in [5.41, 5.74) is 1.04. The van der Waals surface area contributed by atoms with Crippen molar-refractivity contribution in [1.29, 1.82) is 0 Å². The average Bonchev–Trinajstić information content (AvgIpc) is 2.91. The number of aliphatic hydroxyl groups excluding tert-OH is 1. The van der Waals surface area contributed by atoms with Crippen molar-refractivity contribution in [2.24, 2.45) is 40.4 Å². The summed E-state index contributed by atoms with van der Waals surface area (Å²) < 4.78 is 0. The number of rotatable bonds is 2. The van der Waals surface area contributed by atoms with Gasteiger partial charge in [-0.25, -0.2) is 0 Å². The van der Waals surface area contributed by atoms with E-state index < -0.39 is 0 Å². The van der Waals surface area contributed by atoms with Crippen LogP contribution in [0.2, 0.25) is 0 Å². The molecule has 4 fully saturated rings. The first kappa shape index (κ1) is 18.3. The monoisotopic (exact) mass is 347 g/mol. The molecule has 1 unspecified atom stereocenters. The summed E-state index contributed by atoms with van der Waals surface area (Å²) in [6, 6.07) is 0.557. The average molecular weight is 348 g/mol. The lowest BCUT2D eigenvalue weighted by atomic mass is 9.43. The molecule has 0 radical (unpaired) electrons. The highest BCUT2D eigenvalue weighted by Gasteiger charge is 2.62. The summed E-state index contributed by atoms with van der Waals surface area (Å²) in [6.45, 7) is 7.70. The summed E-state index contributed by atoms with van der Waals surface area (Å²) in [5.74, 6) is 4.53. The van der Waals surface area contributed by atoms with Gasteiger partial charge in [-0.1, -0.05) is 27.2 Å². The topological polar surface area (TPSA) is 23.5 Å². The van der Waals surface area contributed by atoms with E-state index in [0.717, 1.165) is 42.4 Å². The molecule has 0 aliphatic heterocycles. The van der Waals surface area contributed by atoms with Crippen molar-refractivity contribution in [3.05, 3.63) is 0 Å². The van der Waals surface area contributed by atoms with Crippen LogP contribution in [-0.2, 0) is 0 Å². The van der Waals surface area contributed by atoms with E-state index in [1.807, 2.05) is 0 Å². The fraction of sp³-hybridized carbons (Fsp3) is 1.00. The number of nitrogens with zero attached hydrogens (tertiary/aromatic N) is 1. The second-order valence-electron chi connectivity index (χ2n) is 10.8. The fourth-order valence-electron chi connectivity index (χ4n) is 8.84. The smallest absolute Gasteiger partial charge is 0.0558 e. The molecule has 144 valence electrons. The molecule has 2 heteroatoms. The molecule has 2 nitrogen and oxygen atoms in total. The third kappa shape index (κ3) is 2.49. The van der Waals surface area contributed by atoms with Crippen LogP contribution < -0.4 is 0 Å². The summed E-state index contributed by atoms with van der Waals surface area (Å²) in [5, 5.41) is 10.5. The summed E-state index contributed by atoms with van der Waals surface area (Å²) in [4.78, 5) is 2.45. The van der Waals surface area contributed by atoms with Gasteiger partial charge in [0.2, 0.25) is 0 Å². The van der Waals surface area contributed by atoms with Crippen molar-refractivity contribution in [2.75, 3.05) is 14.1 Å². The maximum atomic E-state index is 10.5. The molecule has 4 rings (SSSR count). The summed E-state index contributed by atoms with van der Waals surface area (Å²) >= 11 is 0. The second-order valence-corrected chi connectivity index (χ2v) is 10.8. The lowest BCUT2D eigenvalue weighted by Gasteiger charge is -2.64. The minimum Gasteiger partial charge on any atom is -0.393 e. The first-order valence-corrected chi connectivity index (χ1v) is 11.2. The van der Waals surface area contributed by atoms with Crippen molar-refractivity contribution < 1.29 is 5.11 Å². The van der Waals surface area contributed by atoms with Gasteiger partial charge in [0.1, 0.15) is 0 Å². The third-order valence-electron chi connectivity index (χ3n) is 10.0. The predicted octanol–water partition coefficient (Wildman–Crippen LogP) is 4.96. The van der Waals surface area contributed by atoms with E-state index in [-0.39, 0.29) is 6.10 Å². The first-order chi connectivity index (χ1) is 11.8. The maximum absolute atomic E-state index is 10.5. The SMILES string of the molecule is CC[C@H]1CC[C@H]2[C@@H]3CC[C@H]4C[C@H](O)CC(N(C)C)[C@]4(C)[C@H]3CC[C@]12C. The Kier molecular flexibility index (Phi) is 4.56. The molecule has 0 bridgehead atoms. The van der Waals surface area contributed by atoms with Crippen LogP contribution in [0, 0.1) is 40.4 Å². The quantitative estimate of drug-likeness (QED) is 0.763. The van der Waals surface area contributed by atoms with E-state index in [1.54, 1.807) is 0 Å². The van der Waals surface area contributed by atoms with Gasteiger partial charge in [0.05, 0.1) is 6.10 Å². The maximum Gasteiger partial charge on any atom is 0.0558 e. The Bertz CT molecular complexity index is 504. The minimum atomic E-state index is -0.0770. The molecule has 0 aromatic heterocycles. The standard InChI is InChI=1S/C23H41NO/c1-6-15-8-10-19-18-9-7-16-13-17(25)14-21(24(4)5)23(16,3)20(18)11-12-22(15,19)2/h15-21,25H,6-14H2,1-5H3/t15-,16-,17-,18-,19-,20-,21?,22+,23-/m0/s1. The highest BCUT2D eigenvalue weighted by atomic mass is 16.3. The summed E-state index contributed by atoms with van der Waals surface area (Å²) in [6.07, 6.45) is 12.0. The fourth-order valence-corrected chi connectivity index (χ4v) is 8.84. The van der Waals surface area contributed by atoms with Crippen molar-refractivity contribution >= 4 is 0 Å². The van der Waals surface area contributed by atoms with Gasteiger partial charge in [0, 0.05) is 6.04 Å². The molecule has 0 aromatic rings. The van der Waals surface area contributed by atoms with Gasteiger partial charge < -0.3 is 10.0 Å². The van der Waals surface area contributed by atoms with E-state index in [0.29, 0.717) is 16.9 Å². The largest absolute Gasteiger partial charge is 0.393 e. The minimum absolute atomic E-state index is 0.0770. The van der Waals surface area contributed by atoms with Gasteiger partial charge in [-0.2, -0.15) is 0 Å². The summed E-state index contributed by atoms with van der Waals surface area (Å²) in [7, 11) is 4.51. The van der Waals surface area contributed by atoms with Gasteiger partial charge in [-0.05, 0) is 106 Å². The van der Waals surface area contributed by atoms with Crippen LogP contribution in [0.5, 0.6) is 0 Å². The van der Waals surface area contributed by atoms with E-state index in [1.165, 1.54) is 44.9 Å². The number of hydrogen-bond donors (Lipinski definition) is 1. The Morgan fingerprint density at radius 3 is 2.40 bits per heavy atom. The predicted molar refractivity (Wildman–Crippen MR) is 104 cm³/mol. The highest BCUT2D eigenvalue weighted by molar-refractivity contribution is 5.12. The molecule has 4 saturated carbocycles. The molecular weight excluding hydrogens is 306 g/mol. The van der Waals surface area contributed by atoms with Gasteiger partial charge in [0.25, 0.3) is 0 Å². The van der Waals surface area contributed by atoms with Crippen LogP contribution in [0.4, 0.5) is 0 Å². The first-order valence-electron chi connectivity index (χ1n) is 11.2. The van der Waals surface area contributed by atoms with Gasteiger partial charge >= 0.3 is 0 Å². The van der Waals surface area contributed by atoms with E-state index in [2.05, 4.69) is 39.8 Å². The van der Waals surface area contributed by atoms with E-state index >= 15 is 0 Å². The molecule has 0 aromatic carbocycles.